The Morgan fingerprint density at radius 2 is 2.15 bits per heavy atom. The molecular formula is C16H21BrN2O. The number of benzene rings is 1. The van der Waals surface area contributed by atoms with Gasteiger partial charge >= 0.3 is 0 Å². The lowest BCUT2D eigenvalue weighted by Gasteiger charge is -2.33. The van der Waals surface area contributed by atoms with Gasteiger partial charge in [0.25, 0.3) is 0 Å². The fraction of sp³-hybridized carbons (Fsp3) is 0.562. The molecule has 1 aromatic rings. The maximum atomic E-state index is 12.3. The quantitative estimate of drug-likeness (QED) is 0.875. The highest BCUT2D eigenvalue weighted by molar-refractivity contribution is 9.10. The number of carbonyl (C=O) groups excluding carboxylic acids is 1. The molecule has 1 saturated carbocycles. The molecule has 3 unspecified atom stereocenters. The van der Waals surface area contributed by atoms with E-state index in [0.29, 0.717) is 12.0 Å². The largest absolute Gasteiger partial charge is 0.324 e. The molecule has 20 heavy (non-hydrogen) atoms. The molecule has 3 nitrogen and oxygen atoms in total. The Labute approximate surface area is 128 Å². The first-order valence-electron chi connectivity index (χ1n) is 7.56. The second-order valence-electron chi connectivity index (χ2n) is 5.85. The Morgan fingerprint density at radius 3 is 2.95 bits per heavy atom. The second-order valence-corrected chi connectivity index (χ2v) is 6.70. The van der Waals surface area contributed by atoms with Gasteiger partial charge < -0.3 is 5.32 Å². The summed E-state index contributed by atoms with van der Waals surface area (Å²) in [6.45, 7) is 2.25. The monoisotopic (exact) mass is 336 g/mol. The average molecular weight is 337 g/mol. The van der Waals surface area contributed by atoms with Crippen LogP contribution in [-0.4, -0.2) is 11.9 Å². The van der Waals surface area contributed by atoms with Crippen LogP contribution in [0.4, 0.5) is 5.69 Å². The van der Waals surface area contributed by atoms with Gasteiger partial charge in [-0.2, -0.15) is 0 Å². The molecule has 1 heterocycles. The minimum atomic E-state index is -0.210. The molecule has 1 amide bonds. The zero-order valence-electron chi connectivity index (χ0n) is 11.8. The van der Waals surface area contributed by atoms with E-state index < -0.39 is 0 Å². The van der Waals surface area contributed by atoms with E-state index in [-0.39, 0.29) is 11.9 Å². The number of rotatable bonds is 3. The van der Waals surface area contributed by atoms with Gasteiger partial charge in [-0.25, -0.2) is 0 Å². The van der Waals surface area contributed by atoms with Gasteiger partial charge in [0.2, 0.25) is 5.91 Å². The molecule has 4 heteroatoms. The summed E-state index contributed by atoms with van der Waals surface area (Å²) in [5.41, 5.74) is 2.00. The molecule has 0 saturated heterocycles. The number of carbonyl (C=O) groups is 1. The number of hydrogen-bond acceptors (Lipinski definition) is 2. The van der Waals surface area contributed by atoms with E-state index in [2.05, 4.69) is 33.5 Å². The summed E-state index contributed by atoms with van der Waals surface area (Å²) >= 11 is 3.58. The third-order valence-electron chi connectivity index (χ3n) is 4.68. The minimum absolute atomic E-state index is 0.0762. The molecule has 1 aromatic carbocycles. The van der Waals surface area contributed by atoms with E-state index >= 15 is 0 Å². The predicted octanol–water partition coefficient (Wildman–Crippen LogP) is 4.00. The predicted molar refractivity (Wildman–Crippen MR) is 84.7 cm³/mol. The van der Waals surface area contributed by atoms with Crippen LogP contribution in [0.15, 0.2) is 22.7 Å². The maximum absolute atomic E-state index is 12.3. The highest BCUT2D eigenvalue weighted by Gasteiger charge is 2.35. The lowest BCUT2D eigenvalue weighted by atomic mass is 9.82. The van der Waals surface area contributed by atoms with Crippen molar-refractivity contribution in [1.82, 2.24) is 5.32 Å². The van der Waals surface area contributed by atoms with Gasteiger partial charge in [0, 0.05) is 21.8 Å². The molecule has 1 fully saturated rings. The molecule has 0 aromatic heterocycles. The topological polar surface area (TPSA) is 41.1 Å². The molecule has 108 valence electrons. The van der Waals surface area contributed by atoms with E-state index in [9.17, 15) is 4.79 Å². The molecule has 0 radical (unpaired) electrons. The number of nitrogens with one attached hydrogen (secondary N) is 2. The average Bonchev–Trinajstić information content (AvgIpc) is 2.77. The first-order chi connectivity index (χ1) is 9.70. The number of hydrogen-bond donors (Lipinski definition) is 2. The SMILES string of the molecule is CCC1CCCCC1NC1C(=O)Nc2cccc(Br)c21. The van der Waals surface area contributed by atoms with Crippen LogP contribution in [0.1, 0.15) is 50.6 Å². The smallest absolute Gasteiger partial charge is 0.246 e. The van der Waals surface area contributed by atoms with Gasteiger partial charge in [0.05, 0.1) is 0 Å². The lowest BCUT2D eigenvalue weighted by molar-refractivity contribution is -0.118. The number of halogens is 1. The Kier molecular flexibility index (Phi) is 4.13. The lowest BCUT2D eigenvalue weighted by Crippen LogP contribution is -2.42. The van der Waals surface area contributed by atoms with Crippen LogP contribution in [0.5, 0.6) is 0 Å². The van der Waals surface area contributed by atoms with Gasteiger partial charge in [-0.1, -0.05) is 48.2 Å². The fourth-order valence-electron chi connectivity index (χ4n) is 3.56. The molecule has 0 bridgehead atoms. The summed E-state index contributed by atoms with van der Waals surface area (Å²) < 4.78 is 1.01. The van der Waals surface area contributed by atoms with E-state index in [1.54, 1.807) is 0 Å². The number of anilines is 1. The van der Waals surface area contributed by atoms with Crippen molar-refractivity contribution >= 4 is 27.5 Å². The normalized spacial score (nSPS) is 29.1. The van der Waals surface area contributed by atoms with E-state index in [4.69, 9.17) is 0 Å². The van der Waals surface area contributed by atoms with Gasteiger partial charge in [-0.05, 0) is 30.9 Å². The molecule has 2 aliphatic rings. The summed E-state index contributed by atoms with van der Waals surface area (Å²) in [5.74, 6) is 0.774. The summed E-state index contributed by atoms with van der Waals surface area (Å²) in [5, 5.41) is 6.60. The van der Waals surface area contributed by atoms with Crippen LogP contribution < -0.4 is 10.6 Å². The summed E-state index contributed by atoms with van der Waals surface area (Å²) in [4.78, 5) is 12.3. The maximum Gasteiger partial charge on any atom is 0.246 e. The van der Waals surface area contributed by atoms with Crippen molar-refractivity contribution in [2.45, 2.75) is 51.1 Å². The van der Waals surface area contributed by atoms with Crippen molar-refractivity contribution in [1.29, 1.82) is 0 Å². The third-order valence-corrected chi connectivity index (χ3v) is 5.37. The molecule has 1 aliphatic carbocycles. The van der Waals surface area contributed by atoms with Crippen LogP contribution in [0, 0.1) is 5.92 Å². The zero-order valence-corrected chi connectivity index (χ0v) is 13.4. The standard InChI is InChI=1S/C16H21BrN2O/c1-2-10-6-3-4-8-12(10)18-15-14-11(17)7-5-9-13(14)19-16(15)20/h5,7,9-10,12,15,18H,2-4,6,8H2,1H3,(H,19,20). The highest BCUT2D eigenvalue weighted by atomic mass is 79.9. The Balaban J connectivity index is 1.83. The summed E-state index contributed by atoms with van der Waals surface area (Å²) in [7, 11) is 0. The van der Waals surface area contributed by atoms with E-state index in [1.165, 1.54) is 32.1 Å². The van der Waals surface area contributed by atoms with Crippen molar-refractivity contribution in [2.75, 3.05) is 5.32 Å². The highest BCUT2D eigenvalue weighted by Crippen LogP contribution is 2.38. The van der Waals surface area contributed by atoms with Crippen LogP contribution in [0.25, 0.3) is 0 Å². The van der Waals surface area contributed by atoms with Crippen LogP contribution >= 0.6 is 15.9 Å². The first kappa shape index (κ1) is 14.1. The Morgan fingerprint density at radius 1 is 1.35 bits per heavy atom. The summed E-state index contributed by atoms with van der Waals surface area (Å²) in [6.07, 6.45) is 6.25. The minimum Gasteiger partial charge on any atom is -0.324 e. The fourth-order valence-corrected chi connectivity index (χ4v) is 4.16. The number of amides is 1. The van der Waals surface area contributed by atoms with E-state index in [0.717, 1.165) is 15.7 Å². The molecule has 3 atom stereocenters. The van der Waals surface area contributed by atoms with Gasteiger partial charge in [0.1, 0.15) is 6.04 Å². The van der Waals surface area contributed by atoms with Crippen molar-refractivity contribution in [2.24, 2.45) is 5.92 Å². The van der Waals surface area contributed by atoms with Crippen molar-refractivity contribution < 1.29 is 4.79 Å². The summed E-state index contributed by atoms with van der Waals surface area (Å²) in [6, 6.07) is 6.19. The molecule has 1 aliphatic heterocycles. The Hall–Kier alpha value is -0.870. The first-order valence-corrected chi connectivity index (χ1v) is 8.35. The van der Waals surface area contributed by atoms with Crippen LogP contribution in [0.2, 0.25) is 0 Å². The van der Waals surface area contributed by atoms with Crippen LogP contribution in [-0.2, 0) is 4.79 Å². The molecular weight excluding hydrogens is 316 g/mol. The van der Waals surface area contributed by atoms with Crippen LogP contribution in [0.3, 0.4) is 0 Å². The Bertz CT molecular complexity index is 517. The van der Waals surface area contributed by atoms with Gasteiger partial charge in [-0.3, -0.25) is 10.1 Å². The van der Waals surface area contributed by atoms with E-state index in [1.807, 2.05) is 18.2 Å². The zero-order chi connectivity index (χ0) is 14.1. The second kappa shape index (κ2) is 5.86. The van der Waals surface area contributed by atoms with Gasteiger partial charge in [0.15, 0.2) is 0 Å². The van der Waals surface area contributed by atoms with Crippen molar-refractivity contribution in [3.05, 3.63) is 28.2 Å². The number of fused-ring (bicyclic) bond motifs is 1. The molecule has 3 rings (SSSR count). The molecule has 2 N–H and O–H groups in total. The van der Waals surface area contributed by atoms with Crippen molar-refractivity contribution in [3.63, 3.8) is 0 Å². The van der Waals surface area contributed by atoms with Gasteiger partial charge in [-0.15, -0.1) is 0 Å². The van der Waals surface area contributed by atoms with Crippen molar-refractivity contribution in [3.8, 4) is 0 Å². The molecule has 0 spiro atoms. The third kappa shape index (κ3) is 2.51.